The predicted molar refractivity (Wildman–Crippen MR) is 154 cm³/mol. The van der Waals surface area contributed by atoms with E-state index in [2.05, 4.69) is 34.6 Å². The van der Waals surface area contributed by atoms with Crippen LogP contribution in [0.1, 0.15) is 52.6 Å². The zero-order chi connectivity index (χ0) is 28.3. The molecule has 0 bridgehead atoms. The minimum Gasteiger partial charge on any atom is -0.394 e. The van der Waals surface area contributed by atoms with Gasteiger partial charge < -0.3 is 19.8 Å². The van der Waals surface area contributed by atoms with Crippen LogP contribution in [0.15, 0.2) is 54.6 Å². The van der Waals surface area contributed by atoms with Crippen LogP contribution < -0.4 is 0 Å². The fourth-order valence-electron chi connectivity index (χ4n) is 7.51. The second-order valence-corrected chi connectivity index (χ2v) is 14.7. The number of nitrogens with zero attached hydrogens (tertiary/aromatic N) is 3. The molecule has 1 unspecified atom stereocenters. The van der Waals surface area contributed by atoms with E-state index in [1.807, 2.05) is 59.5 Å². The number of benzene rings is 1. The first kappa shape index (κ1) is 28.0. The van der Waals surface area contributed by atoms with Gasteiger partial charge in [-0.05, 0) is 31.2 Å². The first-order chi connectivity index (χ1) is 18.3. The van der Waals surface area contributed by atoms with Gasteiger partial charge in [0.1, 0.15) is 6.04 Å². The van der Waals surface area contributed by atoms with Crippen LogP contribution in [0.2, 0.25) is 0 Å². The molecule has 8 heteroatoms. The van der Waals surface area contributed by atoms with Crippen LogP contribution in [-0.4, -0.2) is 85.8 Å². The number of hydrogen-bond acceptors (Lipinski definition) is 5. The first-order valence-corrected chi connectivity index (χ1v) is 14.8. The number of carbonyl (C=O) groups is 3. The average molecular weight is 552 g/mol. The molecule has 1 N–H and O–H groups in total. The van der Waals surface area contributed by atoms with E-state index in [0.717, 1.165) is 12.0 Å². The van der Waals surface area contributed by atoms with E-state index in [-0.39, 0.29) is 35.0 Å². The molecule has 0 saturated carbocycles. The summed E-state index contributed by atoms with van der Waals surface area (Å²) >= 11 is 1.58. The number of hydrogen-bond donors (Lipinski definition) is 1. The van der Waals surface area contributed by atoms with Crippen molar-refractivity contribution in [3.8, 4) is 0 Å². The van der Waals surface area contributed by atoms with Gasteiger partial charge in [-0.25, -0.2) is 0 Å². The number of aliphatic hydroxyl groups is 1. The zero-order valence-corrected chi connectivity index (χ0v) is 24.6. The summed E-state index contributed by atoms with van der Waals surface area (Å²) in [4.78, 5) is 48.3. The highest BCUT2D eigenvalue weighted by atomic mass is 32.2. The maximum absolute atomic E-state index is 14.8. The molecule has 4 heterocycles. The Balaban J connectivity index is 1.67. The Hall–Kier alpha value is -2.58. The van der Waals surface area contributed by atoms with Gasteiger partial charge in [-0.15, -0.1) is 11.8 Å². The lowest BCUT2D eigenvalue weighted by Crippen LogP contribution is -2.59. The van der Waals surface area contributed by atoms with Gasteiger partial charge in [-0.1, -0.05) is 75.4 Å². The van der Waals surface area contributed by atoms with Crippen LogP contribution in [0.5, 0.6) is 0 Å². The van der Waals surface area contributed by atoms with Gasteiger partial charge in [-0.2, -0.15) is 0 Å². The largest absolute Gasteiger partial charge is 0.394 e. The third-order valence-electron chi connectivity index (χ3n) is 8.68. The minimum absolute atomic E-state index is 0.0139. The lowest BCUT2D eigenvalue weighted by molar-refractivity contribution is -0.149. The van der Waals surface area contributed by atoms with Crippen molar-refractivity contribution >= 4 is 29.5 Å². The van der Waals surface area contributed by atoms with Gasteiger partial charge in [0.2, 0.25) is 17.7 Å². The Labute approximate surface area is 236 Å². The standard InChI is InChI=1S/C31H41N3O4S/c1-29(2,3)19-30(4,5)33-17-11-15-31-24(23-22(39-31)14-10-16-32(6)26(23)36)27(37)34(25(31)28(33)38)21(18-35)20-12-8-7-9-13-20/h7-15,21-25,35H,16-19H2,1-6H3/t21-,22-,23+,24+,25?,31+/m1/s1. The molecule has 2 saturated heterocycles. The molecule has 5 rings (SSSR count). The molecule has 1 aromatic rings. The van der Waals surface area contributed by atoms with E-state index in [4.69, 9.17) is 0 Å². The number of rotatable bonds is 5. The molecule has 4 aliphatic heterocycles. The van der Waals surface area contributed by atoms with E-state index in [1.54, 1.807) is 28.6 Å². The van der Waals surface area contributed by atoms with Crippen molar-refractivity contribution in [3.05, 3.63) is 60.2 Å². The van der Waals surface area contributed by atoms with Crippen LogP contribution in [0.3, 0.4) is 0 Å². The summed E-state index contributed by atoms with van der Waals surface area (Å²) < 4.78 is -0.906. The minimum atomic E-state index is -0.906. The molecule has 0 radical (unpaired) electrons. The molecule has 210 valence electrons. The second-order valence-electron chi connectivity index (χ2n) is 13.2. The van der Waals surface area contributed by atoms with Crippen molar-refractivity contribution in [2.45, 2.75) is 68.7 Å². The van der Waals surface area contributed by atoms with Gasteiger partial charge in [0.05, 0.1) is 29.2 Å². The van der Waals surface area contributed by atoms with Gasteiger partial charge >= 0.3 is 0 Å². The third kappa shape index (κ3) is 4.53. The van der Waals surface area contributed by atoms with Crippen LogP contribution >= 0.6 is 11.8 Å². The fourth-order valence-corrected chi connectivity index (χ4v) is 9.50. The molecule has 0 aromatic heterocycles. The monoisotopic (exact) mass is 551 g/mol. The Kier molecular flexibility index (Phi) is 7.03. The van der Waals surface area contributed by atoms with Crippen molar-refractivity contribution in [2.24, 2.45) is 17.3 Å². The fraction of sp³-hybridized carbons (Fsp3) is 0.581. The van der Waals surface area contributed by atoms with Crippen molar-refractivity contribution in [1.82, 2.24) is 14.7 Å². The summed E-state index contributed by atoms with van der Waals surface area (Å²) in [5.41, 5.74) is 0.291. The lowest BCUT2D eigenvalue weighted by atomic mass is 9.77. The second kappa shape index (κ2) is 9.81. The molecule has 3 amide bonds. The first-order valence-electron chi connectivity index (χ1n) is 13.9. The van der Waals surface area contributed by atoms with Gasteiger partial charge in [0, 0.05) is 30.9 Å². The number of fused-ring (bicyclic) bond motifs is 2. The summed E-state index contributed by atoms with van der Waals surface area (Å²) in [5.74, 6) is -1.68. The summed E-state index contributed by atoms with van der Waals surface area (Å²) in [6, 6.07) is 7.89. The highest BCUT2D eigenvalue weighted by Gasteiger charge is 2.72. The molecule has 6 atom stereocenters. The maximum atomic E-state index is 14.8. The normalized spacial score (nSPS) is 31.7. The number of thioether (sulfide) groups is 1. The third-order valence-corrected chi connectivity index (χ3v) is 10.4. The Morgan fingerprint density at radius 1 is 1.00 bits per heavy atom. The van der Waals surface area contributed by atoms with E-state index in [1.165, 1.54) is 0 Å². The summed E-state index contributed by atoms with van der Waals surface area (Å²) in [5, 5.41) is 10.5. The van der Waals surface area contributed by atoms with Gasteiger partial charge in [-0.3, -0.25) is 14.4 Å². The number of likely N-dealkylation sites (N-methyl/N-ethyl adjacent to an activating group) is 1. The highest BCUT2D eigenvalue weighted by molar-refractivity contribution is 8.02. The number of carbonyl (C=O) groups excluding carboxylic acids is 3. The van der Waals surface area contributed by atoms with E-state index < -0.39 is 34.2 Å². The van der Waals surface area contributed by atoms with Crippen LogP contribution in [0.4, 0.5) is 0 Å². The summed E-state index contributed by atoms with van der Waals surface area (Å²) in [6.07, 6.45) is 8.89. The summed E-state index contributed by atoms with van der Waals surface area (Å²) in [7, 11) is 1.77. The molecule has 39 heavy (non-hydrogen) atoms. The smallest absolute Gasteiger partial charge is 0.247 e. The zero-order valence-electron chi connectivity index (χ0n) is 23.8. The molecule has 7 nitrogen and oxygen atoms in total. The van der Waals surface area contributed by atoms with Crippen molar-refractivity contribution in [2.75, 3.05) is 26.7 Å². The number of amides is 3. The van der Waals surface area contributed by atoms with Gasteiger partial charge in [0.15, 0.2) is 0 Å². The maximum Gasteiger partial charge on any atom is 0.247 e. The molecule has 0 aliphatic carbocycles. The van der Waals surface area contributed by atoms with Crippen molar-refractivity contribution in [3.63, 3.8) is 0 Å². The lowest BCUT2D eigenvalue weighted by Gasteiger charge is -2.45. The van der Waals surface area contributed by atoms with Crippen LogP contribution in [-0.2, 0) is 14.4 Å². The SMILES string of the molecule is CN1CC=C[C@H]2S[C@]34C=CCN(C(C)(C)CC(C)(C)C)C(=O)C3N([C@H](CO)c3ccccc3)C(=O)[C@@H]4[C@H]2C1=O. The van der Waals surface area contributed by atoms with E-state index in [9.17, 15) is 19.5 Å². The molecule has 4 aliphatic rings. The van der Waals surface area contributed by atoms with E-state index in [0.29, 0.717) is 13.1 Å². The molecular weight excluding hydrogens is 510 g/mol. The highest BCUT2D eigenvalue weighted by Crippen LogP contribution is 2.62. The Morgan fingerprint density at radius 3 is 2.33 bits per heavy atom. The van der Waals surface area contributed by atoms with Crippen LogP contribution in [0.25, 0.3) is 0 Å². The predicted octanol–water partition coefficient (Wildman–Crippen LogP) is 3.66. The summed E-state index contributed by atoms with van der Waals surface area (Å²) in [6.45, 7) is 11.3. The van der Waals surface area contributed by atoms with Crippen molar-refractivity contribution in [1.29, 1.82) is 0 Å². The average Bonchev–Trinajstić information content (AvgIpc) is 3.17. The van der Waals surface area contributed by atoms with Crippen LogP contribution in [0, 0.1) is 17.3 Å². The van der Waals surface area contributed by atoms with E-state index >= 15 is 0 Å². The quantitative estimate of drug-likeness (QED) is 0.565. The molecule has 1 aromatic carbocycles. The van der Waals surface area contributed by atoms with Gasteiger partial charge in [0.25, 0.3) is 0 Å². The Bertz CT molecular complexity index is 1210. The number of aliphatic hydroxyl groups excluding tert-OH is 1. The molecular formula is C31H41N3O4S. The Morgan fingerprint density at radius 2 is 1.69 bits per heavy atom. The molecule has 2 fully saturated rings. The topological polar surface area (TPSA) is 81.2 Å². The number of likely N-dealkylation sites (tertiary alicyclic amines) is 1. The molecule has 1 spiro atoms. The van der Waals surface area contributed by atoms with Crippen molar-refractivity contribution < 1.29 is 19.5 Å².